The predicted octanol–water partition coefficient (Wildman–Crippen LogP) is 3.75. The number of ether oxygens (including phenoxy) is 1. The van der Waals surface area contributed by atoms with Crippen LogP contribution in [0.15, 0.2) is 54.7 Å². The second-order valence-electron chi connectivity index (χ2n) is 7.03. The molecule has 2 N–H and O–H groups in total. The number of nitrogens with zero attached hydrogens (tertiary/aromatic N) is 3. The predicted molar refractivity (Wildman–Crippen MR) is 107 cm³/mol. The molecule has 30 heavy (non-hydrogen) atoms. The summed E-state index contributed by atoms with van der Waals surface area (Å²) in [6, 6.07) is 11.3. The van der Waals surface area contributed by atoms with Gasteiger partial charge in [0.1, 0.15) is 17.4 Å². The van der Waals surface area contributed by atoms with Crippen LogP contribution in [0.4, 0.5) is 14.7 Å². The van der Waals surface area contributed by atoms with Gasteiger partial charge >= 0.3 is 0 Å². The Morgan fingerprint density at radius 1 is 1.17 bits per heavy atom. The second kappa shape index (κ2) is 8.44. The van der Waals surface area contributed by atoms with Gasteiger partial charge in [-0.25, -0.2) is 18.7 Å². The maximum Gasteiger partial charge on any atom is 0.261 e. The van der Waals surface area contributed by atoms with Gasteiger partial charge in [-0.3, -0.25) is 4.79 Å². The van der Waals surface area contributed by atoms with E-state index >= 15 is 0 Å². The van der Waals surface area contributed by atoms with Gasteiger partial charge in [0.15, 0.2) is 6.61 Å². The van der Waals surface area contributed by atoms with Gasteiger partial charge in [0.2, 0.25) is 5.95 Å². The number of likely N-dealkylation sites (tertiary alicyclic amines) is 1. The van der Waals surface area contributed by atoms with Crippen LogP contribution in [-0.2, 0) is 4.79 Å². The molecule has 0 bridgehead atoms. The molecule has 4 rings (SSSR count). The Morgan fingerprint density at radius 3 is 2.73 bits per heavy atom. The highest BCUT2D eigenvalue weighted by atomic mass is 19.1. The van der Waals surface area contributed by atoms with Crippen LogP contribution in [0.3, 0.4) is 0 Å². The zero-order valence-electron chi connectivity index (χ0n) is 16.1. The van der Waals surface area contributed by atoms with Gasteiger partial charge in [0.05, 0.1) is 11.7 Å². The molecule has 0 spiro atoms. The summed E-state index contributed by atoms with van der Waals surface area (Å²) in [5.74, 6) is -0.467. The fraction of sp³-hybridized carbons (Fsp3) is 0.227. The molecule has 0 saturated carbocycles. The summed E-state index contributed by atoms with van der Waals surface area (Å²) in [6.07, 6.45) is 3.04. The SMILES string of the molecule is Nc1ncc(-c2cccc(F)c2)c([C@@H]2CCCN2C(=O)COc2ccc(F)cc2)n1. The van der Waals surface area contributed by atoms with Crippen molar-refractivity contribution in [2.24, 2.45) is 0 Å². The summed E-state index contributed by atoms with van der Waals surface area (Å²) in [5, 5.41) is 0. The van der Waals surface area contributed by atoms with Crippen molar-refractivity contribution in [2.45, 2.75) is 18.9 Å². The molecular formula is C22H20F2N4O2. The Hall–Kier alpha value is -3.55. The van der Waals surface area contributed by atoms with E-state index in [-0.39, 0.29) is 36.1 Å². The lowest BCUT2D eigenvalue weighted by Crippen LogP contribution is -2.35. The highest BCUT2D eigenvalue weighted by Crippen LogP contribution is 2.37. The van der Waals surface area contributed by atoms with Crippen LogP contribution in [0.2, 0.25) is 0 Å². The molecule has 2 aromatic carbocycles. The van der Waals surface area contributed by atoms with E-state index in [1.54, 1.807) is 23.2 Å². The summed E-state index contributed by atoms with van der Waals surface area (Å²) < 4.78 is 32.3. The standard InChI is InChI=1S/C22H20F2N4O2/c23-15-6-8-17(9-7-15)30-13-20(29)28-10-2-5-19(28)21-18(12-26-22(25)27-21)14-3-1-4-16(24)11-14/h1,3-4,6-9,11-12,19H,2,5,10,13H2,(H2,25,26,27)/t19-/m0/s1. The summed E-state index contributed by atoms with van der Waals surface area (Å²) >= 11 is 0. The summed E-state index contributed by atoms with van der Waals surface area (Å²) in [6.45, 7) is 0.362. The van der Waals surface area contributed by atoms with Gasteiger partial charge in [-0.05, 0) is 54.8 Å². The topological polar surface area (TPSA) is 81.3 Å². The van der Waals surface area contributed by atoms with Crippen LogP contribution in [0.1, 0.15) is 24.6 Å². The number of hydrogen-bond donors (Lipinski definition) is 1. The molecule has 6 nitrogen and oxygen atoms in total. The highest BCUT2D eigenvalue weighted by Gasteiger charge is 2.33. The molecule has 1 aliphatic rings. The molecule has 1 saturated heterocycles. The Bertz CT molecular complexity index is 1060. The van der Waals surface area contributed by atoms with Crippen molar-refractivity contribution in [1.29, 1.82) is 0 Å². The van der Waals surface area contributed by atoms with Gasteiger partial charge in [-0.1, -0.05) is 12.1 Å². The molecule has 1 fully saturated rings. The molecule has 8 heteroatoms. The third-order valence-corrected chi connectivity index (χ3v) is 5.04. The van der Waals surface area contributed by atoms with E-state index in [1.807, 2.05) is 0 Å². The Balaban J connectivity index is 1.58. The van der Waals surface area contributed by atoms with E-state index in [9.17, 15) is 13.6 Å². The summed E-state index contributed by atoms with van der Waals surface area (Å²) in [5.41, 5.74) is 7.65. The Morgan fingerprint density at radius 2 is 1.97 bits per heavy atom. The number of aromatic nitrogens is 2. The minimum Gasteiger partial charge on any atom is -0.484 e. The lowest BCUT2D eigenvalue weighted by Gasteiger charge is -2.26. The van der Waals surface area contributed by atoms with E-state index in [2.05, 4.69) is 9.97 Å². The quantitative estimate of drug-likeness (QED) is 0.693. The Kier molecular flexibility index (Phi) is 5.56. The van der Waals surface area contributed by atoms with Crippen molar-refractivity contribution in [1.82, 2.24) is 14.9 Å². The molecule has 0 aliphatic carbocycles. The van der Waals surface area contributed by atoms with Crippen molar-refractivity contribution in [3.8, 4) is 16.9 Å². The normalized spacial score (nSPS) is 15.9. The molecule has 1 aromatic heterocycles. The van der Waals surface area contributed by atoms with Crippen molar-refractivity contribution < 1.29 is 18.3 Å². The number of carbonyl (C=O) groups is 1. The van der Waals surface area contributed by atoms with Crippen molar-refractivity contribution in [3.63, 3.8) is 0 Å². The molecule has 2 heterocycles. The first-order chi connectivity index (χ1) is 14.5. The largest absolute Gasteiger partial charge is 0.484 e. The molecule has 154 valence electrons. The van der Waals surface area contributed by atoms with Gasteiger partial charge in [0.25, 0.3) is 5.91 Å². The number of benzene rings is 2. The molecular weight excluding hydrogens is 390 g/mol. The first kappa shape index (κ1) is 19.8. The van der Waals surface area contributed by atoms with Crippen LogP contribution in [0.25, 0.3) is 11.1 Å². The number of hydrogen-bond acceptors (Lipinski definition) is 5. The number of nitrogens with two attached hydrogens (primary N) is 1. The lowest BCUT2D eigenvalue weighted by molar-refractivity contribution is -0.134. The molecule has 3 aromatic rings. The second-order valence-corrected chi connectivity index (χ2v) is 7.03. The van der Waals surface area contributed by atoms with Crippen LogP contribution in [-0.4, -0.2) is 33.9 Å². The molecule has 1 amide bonds. The minimum absolute atomic E-state index is 0.0898. The van der Waals surface area contributed by atoms with Crippen LogP contribution in [0, 0.1) is 11.6 Å². The summed E-state index contributed by atoms with van der Waals surface area (Å²) in [7, 11) is 0. The first-order valence-corrected chi connectivity index (χ1v) is 9.57. The first-order valence-electron chi connectivity index (χ1n) is 9.57. The number of anilines is 1. The number of carbonyl (C=O) groups excluding carboxylic acids is 1. The third-order valence-electron chi connectivity index (χ3n) is 5.04. The average molecular weight is 410 g/mol. The Labute approximate surface area is 172 Å². The van der Waals surface area contributed by atoms with Gasteiger partial charge in [0, 0.05) is 18.3 Å². The molecule has 0 unspecified atom stereocenters. The number of halogens is 2. The number of rotatable bonds is 5. The average Bonchev–Trinajstić information content (AvgIpc) is 3.23. The van der Waals surface area contributed by atoms with Crippen LogP contribution < -0.4 is 10.5 Å². The van der Waals surface area contributed by atoms with Crippen LogP contribution in [0.5, 0.6) is 5.75 Å². The monoisotopic (exact) mass is 410 g/mol. The number of amides is 1. The maximum atomic E-state index is 13.8. The van der Waals surface area contributed by atoms with E-state index in [4.69, 9.17) is 10.5 Å². The van der Waals surface area contributed by atoms with Crippen molar-refractivity contribution in [2.75, 3.05) is 18.9 Å². The van der Waals surface area contributed by atoms with Gasteiger partial charge in [-0.15, -0.1) is 0 Å². The van der Waals surface area contributed by atoms with E-state index in [0.717, 1.165) is 6.42 Å². The van der Waals surface area contributed by atoms with Gasteiger partial charge < -0.3 is 15.4 Å². The van der Waals surface area contributed by atoms with Crippen molar-refractivity contribution in [3.05, 3.63) is 72.1 Å². The van der Waals surface area contributed by atoms with E-state index in [0.29, 0.717) is 35.5 Å². The minimum atomic E-state index is -0.375. The smallest absolute Gasteiger partial charge is 0.261 e. The zero-order valence-corrected chi connectivity index (χ0v) is 16.1. The van der Waals surface area contributed by atoms with Gasteiger partial charge in [-0.2, -0.15) is 0 Å². The highest BCUT2D eigenvalue weighted by molar-refractivity contribution is 5.79. The fourth-order valence-corrected chi connectivity index (χ4v) is 3.65. The molecule has 1 aliphatic heterocycles. The molecule has 0 radical (unpaired) electrons. The number of nitrogen functional groups attached to an aromatic ring is 1. The molecule has 1 atom stereocenters. The third kappa shape index (κ3) is 4.22. The lowest BCUT2D eigenvalue weighted by atomic mass is 9.99. The van der Waals surface area contributed by atoms with Crippen molar-refractivity contribution >= 4 is 11.9 Å². The van der Waals surface area contributed by atoms with E-state index < -0.39 is 0 Å². The van der Waals surface area contributed by atoms with E-state index in [1.165, 1.54) is 36.4 Å². The zero-order chi connectivity index (χ0) is 21.1. The maximum absolute atomic E-state index is 13.8. The fourth-order valence-electron chi connectivity index (χ4n) is 3.65. The van der Waals surface area contributed by atoms with Crippen LogP contribution >= 0.6 is 0 Å². The summed E-state index contributed by atoms with van der Waals surface area (Å²) in [4.78, 5) is 23.0.